The number of rotatable bonds is 7. The lowest BCUT2D eigenvalue weighted by atomic mass is 10.0. The van der Waals surface area contributed by atoms with Gasteiger partial charge in [-0.3, -0.25) is 9.78 Å². The van der Waals surface area contributed by atoms with Gasteiger partial charge in [-0.05, 0) is 44.4 Å². The van der Waals surface area contributed by atoms with Gasteiger partial charge in [-0.15, -0.1) is 0 Å². The third-order valence-corrected chi connectivity index (χ3v) is 5.02. The number of ether oxygens (including phenoxy) is 1. The number of hydrogen-bond donors (Lipinski definition) is 1. The van der Waals surface area contributed by atoms with Gasteiger partial charge < -0.3 is 15.0 Å². The summed E-state index contributed by atoms with van der Waals surface area (Å²) >= 11 is 0. The van der Waals surface area contributed by atoms with Crippen LogP contribution in [0.4, 0.5) is 0 Å². The highest BCUT2D eigenvalue weighted by molar-refractivity contribution is 5.93. The van der Waals surface area contributed by atoms with Crippen molar-refractivity contribution in [1.29, 1.82) is 0 Å². The molecule has 1 unspecified atom stereocenters. The van der Waals surface area contributed by atoms with E-state index in [9.17, 15) is 4.79 Å². The molecule has 5 heteroatoms. The van der Waals surface area contributed by atoms with Crippen LogP contribution in [-0.2, 0) is 0 Å². The lowest BCUT2D eigenvalue weighted by Crippen LogP contribution is -2.45. The van der Waals surface area contributed by atoms with E-state index in [-0.39, 0.29) is 11.9 Å². The number of benzene rings is 1. The van der Waals surface area contributed by atoms with Crippen LogP contribution >= 0.6 is 0 Å². The van der Waals surface area contributed by atoms with Crippen LogP contribution in [0, 0.1) is 0 Å². The predicted octanol–water partition coefficient (Wildman–Crippen LogP) is 3.83. The molecule has 0 bridgehead atoms. The van der Waals surface area contributed by atoms with Gasteiger partial charge in [0.15, 0.2) is 0 Å². The topological polar surface area (TPSA) is 54.5 Å². The molecule has 1 aliphatic rings. The quantitative estimate of drug-likeness (QED) is 0.808. The summed E-state index contributed by atoms with van der Waals surface area (Å²) in [5.41, 5.74) is 1.86. The van der Waals surface area contributed by atoms with E-state index >= 15 is 0 Å². The molecule has 1 fully saturated rings. The summed E-state index contributed by atoms with van der Waals surface area (Å²) in [5.74, 6) is 1.04. The Labute approximate surface area is 161 Å². The zero-order valence-corrected chi connectivity index (χ0v) is 16.2. The Kier molecular flexibility index (Phi) is 6.82. The van der Waals surface area contributed by atoms with Crippen molar-refractivity contribution < 1.29 is 9.53 Å². The molecule has 1 atom stereocenters. The number of carbonyl (C=O) groups excluding carboxylic acids is 1. The van der Waals surface area contributed by atoms with Gasteiger partial charge in [-0.2, -0.15) is 0 Å². The summed E-state index contributed by atoms with van der Waals surface area (Å²) < 4.78 is 5.90. The minimum absolute atomic E-state index is 0.0768. The number of nitrogens with zero attached hydrogens (tertiary/aromatic N) is 2. The van der Waals surface area contributed by atoms with Gasteiger partial charge >= 0.3 is 0 Å². The molecule has 3 rings (SSSR count). The molecule has 1 aromatic heterocycles. The zero-order valence-electron chi connectivity index (χ0n) is 16.2. The van der Waals surface area contributed by atoms with E-state index in [1.807, 2.05) is 23.1 Å². The highest BCUT2D eigenvalue weighted by Gasteiger charge is 2.25. The van der Waals surface area contributed by atoms with Crippen molar-refractivity contribution in [3.8, 4) is 5.75 Å². The van der Waals surface area contributed by atoms with Crippen LogP contribution < -0.4 is 10.1 Å². The molecule has 0 radical (unpaired) electrons. The molecule has 27 heavy (non-hydrogen) atoms. The molecule has 2 aromatic rings. The monoisotopic (exact) mass is 367 g/mol. The van der Waals surface area contributed by atoms with Gasteiger partial charge in [0, 0.05) is 43.1 Å². The largest absolute Gasteiger partial charge is 0.493 e. The lowest BCUT2D eigenvalue weighted by molar-refractivity contribution is 0.0702. The van der Waals surface area contributed by atoms with E-state index in [1.54, 1.807) is 18.5 Å². The van der Waals surface area contributed by atoms with E-state index < -0.39 is 0 Å². The van der Waals surface area contributed by atoms with Gasteiger partial charge in [0.2, 0.25) is 0 Å². The number of piperidine rings is 1. The fraction of sp³-hybridized carbons (Fsp3) is 0.455. The standard InChI is InChI=1S/C22H29N3O2/c1-3-15-27-21-9-5-4-8-20(21)17(2)24-19-10-13-25(14-11-19)22(26)18-7-6-12-23-16-18/h4-9,12,16-17,19,24H,3,10-11,13-15H2,1-2H3. The van der Waals surface area contributed by atoms with Crippen molar-refractivity contribution >= 4 is 5.91 Å². The Morgan fingerprint density at radius 3 is 2.74 bits per heavy atom. The molecule has 5 nitrogen and oxygen atoms in total. The fourth-order valence-corrected chi connectivity index (χ4v) is 3.55. The SMILES string of the molecule is CCCOc1ccccc1C(C)NC1CCN(C(=O)c2cccnc2)CC1. The first-order chi connectivity index (χ1) is 13.2. The van der Waals surface area contributed by atoms with Crippen LogP contribution in [0.25, 0.3) is 0 Å². The maximum Gasteiger partial charge on any atom is 0.255 e. The van der Waals surface area contributed by atoms with Crippen LogP contribution in [-0.4, -0.2) is 41.5 Å². The smallest absolute Gasteiger partial charge is 0.255 e. The van der Waals surface area contributed by atoms with Gasteiger partial charge in [0.05, 0.1) is 12.2 Å². The minimum Gasteiger partial charge on any atom is -0.493 e. The van der Waals surface area contributed by atoms with Crippen molar-refractivity contribution in [2.24, 2.45) is 0 Å². The summed E-state index contributed by atoms with van der Waals surface area (Å²) in [6.07, 6.45) is 6.24. The number of aromatic nitrogens is 1. The van der Waals surface area contributed by atoms with Crippen LogP contribution in [0.1, 0.15) is 55.1 Å². The molecule has 0 saturated carbocycles. The highest BCUT2D eigenvalue weighted by Crippen LogP contribution is 2.26. The van der Waals surface area contributed by atoms with E-state index in [4.69, 9.17) is 4.74 Å². The fourth-order valence-electron chi connectivity index (χ4n) is 3.55. The Hall–Kier alpha value is -2.40. The number of pyridine rings is 1. The average Bonchev–Trinajstić information content (AvgIpc) is 2.73. The van der Waals surface area contributed by atoms with Crippen molar-refractivity contribution in [3.63, 3.8) is 0 Å². The Morgan fingerprint density at radius 2 is 2.04 bits per heavy atom. The van der Waals surface area contributed by atoms with Crippen LogP contribution in [0.15, 0.2) is 48.8 Å². The number of para-hydroxylation sites is 1. The summed E-state index contributed by atoms with van der Waals surface area (Å²) in [6.45, 7) is 6.57. The Balaban J connectivity index is 1.54. The predicted molar refractivity (Wildman–Crippen MR) is 107 cm³/mol. The second-order valence-corrected chi connectivity index (χ2v) is 7.08. The van der Waals surface area contributed by atoms with E-state index in [0.29, 0.717) is 11.6 Å². The first-order valence-electron chi connectivity index (χ1n) is 9.86. The zero-order chi connectivity index (χ0) is 19.1. The molecular formula is C22H29N3O2. The molecule has 1 aliphatic heterocycles. The maximum atomic E-state index is 12.5. The Bertz CT molecular complexity index is 727. The second kappa shape index (κ2) is 9.51. The first kappa shape index (κ1) is 19.4. The molecular weight excluding hydrogens is 338 g/mol. The van der Waals surface area contributed by atoms with Gasteiger partial charge in [-0.1, -0.05) is 25.1 Å². The number of carbonyl (C=O) groups is 1. The summed E-state index contributed by atoms with van der Waals surface area (Å²) in [5, 5.41) is 3.72. The second-order valence-electron chi connectivity index (χ2n) is 7.08. The van der Waals surface area contributed by atoms with Crippen LogP contribution in [0.5, 0.6) is 5.75 Å². The lowest BCUT2D eigenvalue weighted by Gasteiger charge is -2.34. The number of amides is 1. The van der Waals surface area contributed by atoms with Crippen LogP contribution in [0.2, 0.25) is 0 Å². The maximum absolute atomic E-state index is 12.5. The van der Waals surface area contributed by atoms with Gasteiger partial charge in [-0.25, -0.2) is 0 Å². The minimum atomic E-state index is 0.0768. The Morgan fingerprint density at radius 1 is 1.26 bits per heavy atom. The van der Waals surface area contributed by atoms with E-state index in [0.717, 1.165) is 44.7 Å². The van der Waals surface area contributed by atoms with Gasteiger partial charge in [0.1, 0.15) is 5.75 Å². The molecule has 144 valence electrons. The van der Waals surface area contributed by atoms with E-state index in [1.165, 1.54) is 5.56 Å². The van der Waals surface area contributed by atoms with Crippen molar-refractivity contribution in [2.75, 3.05) is 19.7 Å². The third kappa shape index (κ3) is 5.07. The highest BCUT2D eigenvalue weighted by atomic mass is 16.5. The summed E-state index contributed by atoms with van der Waals surface area (Å²) in [6, 6.07) is 12.5. The molecule has 1 saturated heterocycles. The third-order valence-electron chi connectivity index (χ3n) is 5.02. The van der Waals surface area contributed by atoms with Crippen molar-refractivity contribution in [3.05, 3.63) is 59.9 Å². The molecule has 1 aromatic carbocycles. The molecule has 0 aliphatic carbocycles. The molecule has 2 heterocycles. The summed E-state index contributed by atoms with van der Waals surface area (Å²) in [4.78, 5) is 18.5. The number of nitrogens with one attached hydrogen (secondary N) is 1. The molecule has 1 N–H and O–H groups in total. The van der Waals surface area contributed by atoms with Crippen molar-refractivity contribution in [2.45, 2.75) is 45.2 Å². The number of hydrogen-bond acceptors (Lipinski definition) is 4. The van der Waals surface area contributed by atoms with E-state index in [2.05, 4.69) is 36.3 Å². The summed E-state index contributed by atoms with van der Waals surface area (Å²) in [7, 11) is 0. The molecule has 1 amide bonds. The van der Waals surface area contributed by atoms with Gasteiger partial charge in [0.25, 0.3) is 5.91 Å². The van der Waals surface area contributed by atoms with Crippen molar-refractivity contribution in [1.82, 2.24) is 15.2 Å². The normalized spacial score (nSPS) is 16.1. The van der Waals surface area contributed by atoms with Crippen LogP contribution in [0.3, 0.4) is 0 Å². The first-order valence-corrected chi connectivity index (χ1v) is 9.86. The molecule has 0 spiro atoms. The number of likely N-dealkylation sites (tertiary alicyclic amines) is 1. The average molecular weight is 367 g/mol.